The van der Waals surface area contributed by atoms with Crippen LogP contribution in [0.5, 0.6) is 0 Å². The first kappa shape index (κ1) is 15.5. The van der Waals surface area contributed by atoms with E-state index in [4.69, 9.17) is 5.10 Å². The number of aryl methyl sites for hydroxylation is 1. The molecule has 0 aliphatic carbocycles. The normalized spacial score (nSPS) is 25.1. The predicted molar refractivity (Wildman–Crippen MR) is 83.9 cm³/mol. The Morgan fingerprint density at radius 1 is 1.35 bits per heavy atom. The van der Waals surface area contributed by atoms with Gasteiger partial charge < -0.3 is 5.32 Å². The van der Waals surface area contributed by atoms with Crippen molar-refractivity contribution in [2.75, 3.05) is 27.2 Å². The Morgan fingerprint density at radius 2 is 2.05 bits per heavy atom. The maximum absolute atomic E-state index is 4.76. The lowest BCUT2D eigenvalue weighted by molar-refractivity contribution is 0.119. The largest absolute Gasteiger partial charge is 0.319 e. The number of piperidine rings is 1. The third-order valence-electron chi connectivity index (χ3n) is 4.36. The van der Waals surface area contributed by atoms with Crippen LogP contribution in [-0.4, -0.2) is 41.9 Å². The molecule has 4 heteroatoms. The zero-order valence-electron chi connectivity index (χ0n) is 13.9. The van der Waals surface area contributed by atoms with Crippen LogP contribution in [-0.2, 0) is 12.5 Å². The van der Waals surface area contributed by atoms with Gasteiger partial charge in [-0.05, 0) is 45.9 Å². The Hall–Kier alpha value is -0.870. The summed E-state index contributed by atoms with van der Waals surface area (Å²) in [6.45, 7) is 9.04. The van der Waals surface area contributed by atoms with Crippen molar-refractivity contribution >= 4 is 0 Å². The highest BCUT2D eigenvalue weighted by molar-refractivity contribution is 5.28. The van der Waals surface area contributed by atoms with Crippen LogP contribution in [0.25, 0.3) is 0 Å². The molecule has 1 aromatic rings. The number of nitrogens with zero attached hydrogens (tertiary/aromatic N) is 3. The van der Waals surface area contributed by atoms with E-state index in [-0.39, 0.29) is 5.41 Å². The van der Waals surface area contributed by atoms with Crippen molar-refractivity contribution in [3.8, 4) is 0 Å². The average molecular weight is 278 g/mol. The molecular formula is C16H30N4. The molecule has 2 rings (SSSR count). The van der Waals surface area contributed by atoms with Gasteiger partial charge in [-0.15, -0.1) is 0 Å². The third-order valence-corrected chi connectivity index (χ3v) is 4.36. The molecule has 114 valence electrons. The standard InChI is InChI=1S/C16H30N4/c1-16(2,3)15-13(11-20(6)18-15)14-12(10-17-4)8-7-9-19(14)5/h11-12,14,17H,7-10H2,1-6H3. The topological polar surface area (TPSA) is 33.1 Å². The summed E-state index contributed by atoms with van der Waals surface area (Å²) in [6, 6.07) is 0.485. The highest BCUT2D eigenvalue weighted by Gasteiger charge is 2.35. The average Bonchev–Trinajstić information content (AvgIpc) is 2.71. The minimum absolute atomic E-state index is 0.0963. The molecule has 2 atom stereocenters. The summed E-state index contributed by atoms with van der Waals surface area (Å²) < 4.78 is 1.98. The first-order chi connectivity index (χ1) is 9.34. The Balaban J connectivity index is 2.41. The summed E-state index contributed by atoms with van der Waals surface area (Å²) in [4.78, 5) is 2.51. The van der Waals surface area contributed by atoms with Crippen LogP contribution >= 0.6 is 0 Å². The quantitative estimate of drug-likeness (QED) is 0.921. The molecule has 1 aromatic heterocycles. The van der Waals surface area contributed by atoms with E-state index in [1.54, 1.807) is 0 Å². The second kappa shape index (κ2) is 5.86. The molecular weight excluding hydrogens is 248 g/mol. The van der Waals surface area contributed by atoms with Crippen LogP contribution in [0, 0.1) is 5.92 Å². The van der Waals surface area contributed by atoms with E-state index in [0.717, 1.165) is 6.54 Å². The smallest absolute Gasteiger partial charge is 0.0725 e. The first-order valence-corrected chi connectivity index (χ1v) is 7.73. The van der Waals surface area contributed by atoms with E-state index >= 15 is 0 Å². The van der Waals surface area contributed by atoms with Crippen molar-refractivity contribution < 1.29 is 0 Å². The maximum Gasteiger partial charge on any atom is 0.0725 e. The van der Waals surface area contributed by atoms with Crippen LogP contribution in [0.1, 0.15) is 50.9 Å². The molecule has 0 saturated carbocycles. The van der Waals surface area contributed by atoms with Crippen molar-refractivity contribution in [1.29, 1.82) is 0 Å². The highest BCUT2D eigenvalue weighted by atomic mass is 15.3. The van der Waals surface area contributed by atoms with Gasteiger partial charge in [-0.25, -0.2) is 0 Å². The fourth-order valence-corrected chi connectivity index (χ4v) is 3.53. The first-order valence-electron chi connectivity index (χ1n) is 7.73. The van der Waals surface area contributed by atoms with Gasteiger partial charge in [0.25, 0.3) is 0 Å². The third kappa shape index (κ3) is 3.07. The summed E-state index contributed by atoms with van der Waals surface area (Å²) in [5.41, 5.74) is 2.77. The summed E-state index contributed by atoms with van der Waals surface area (Å²) in [5.74, 6) is 0.670. The molecule has 0 aromatic carbocycles. The summed E-state index contributed by atoms with van der Waals surface area (Å²) in [6.07, 6.45) is 4.83. The molecule has 1 aliphatic heterocycles. The van der Waals surface area contributed by atoms with Gasteiger partial charge in [0, 0.05) is 30.3 Å². The Morgan fingerprint density at radius 3 is 2.65 bits per heavy atom. The molecule has 0 amide bonds. The van der Waals surface area contributed by atoms with Gasteiger partial charge in [-0.3, -0.25) is 9.58 Å². The molecule has 2 heterocycles. The predicted octanol–water partition coefficient (Wildman–Crippen LogP) is 2.32. The molecule has 1 saturated heterocycles. The number of likely N-dealkylation sites (tertiary alicyclic amines) is 1. The van der Waals surface area contributed by atoms with Gasteiger partial charge >= 0.3 is 0 Å². The molecule has 0 radical (unpaired) electrons. The second-order valence-corrected chi connectivity index (χ2v) is 7.24. The van der Waals surface area contributed by atoms with E-state index in [1.165, 1.54) is 30.6 Å². The molecule has 4 nitrogen and oxygen atoms in total. The number of rotatable bonds is 3. The SMILES string of the molecule is CNCC1CCCN(C)C1c1cn(C)nc1C(C)(C)C. The zero-order valence-corrected chi connectivity index (χ0v) is 13.9. The number of aromatic nitrogens is 2. The summed E-state index contributed by atoms with van der Waals surface area (Å²) in [7, 11) is 6.35. The van der Waals surface area contributed by atoms with Crippen molar-refractivity contribution in [3.63, 3.8) is 0 Å². The minimum atomic E-state index is 0.0963. The minimum Gasteiger partial charge on any atom is -0.319 e. The Kier molecular flexibility index (Phi) is 4.55. The summed E-state index contributed by atoms with van der Waals surface area (Å²) in [5, 5.41) is 8.12. The van der Waals surface area contributed by atoms with Gasteiger partial charge in [-0.2, -0.15) is 5.10 Å². The lowest BCUT2D eigenvalue weighted by atomic mass is 9.80. The van der Waals surface area contributed by atoms with Gasteiger partial charge in [-0.1, -0.05) is 20.8 Å². The van der Waals surface area contributed by atoms with Gasteiger partial charge in [0.05, 0.1) is 5.69 Å². The fourth-order valence-electron chi connectivity index (χ4n) is 3.53. The van der Waals surface area contributed by atoms with E-state index in [1.807, 2.05) is 11.7 Å². The van der Waals surface area contributed by atoms with Gasteiger partial charge in [0.15, 0.2) is 0 Å². The van der Waals surface area contributed by atoms with Gasteiger partial charge in [0.1, 0.15) is 0 Å². The zero-order chi connectivity index (χ0) is 14.9. The number of hydrogen-bond donors (Lipinski definition) is 1. The molecule has 0 spiro atoms. The monoisotopic (exact) mass is 278 g/mol. The van der Waals surface area contributed by atoms with E-state index in [0.29, 0.717) is 12.0 Å². The number of hydrogen-bond acceptors (Lipinski definition) is 3. The Bertz CT molecular complexity index is 442. The van der Waals surface area contributed by atoms with Crippen molar-refractivity contribution in [2.24, 2.45) is 13.0 Å². The van der Waals surface area contributed by atoms with Crippen LogP contribution in [0.4, 0.5) is 0 Å². The molecule has 20 heavy (non-hydrogen) atoms. The van der Waals surface area contributed by atoms with E-state index in [9.17, 15) is 0 Å². The van der Waals surface area contributed by atoms with Crippen molar-refractivity contribution in [1.82, 2.24) is 20.0 Å². The molecule has 1 N–H and O–H groups in total. The molecule has 2 unspecified atom stereocenters. The lowest BCUT2D eigenvalue weighted by Gasteiger charge is -2.40. The second-order valence-electron chi connectivity index (χ2n) is 7.24. The summed E-state index contributed by atoms with van der Waals surface area (Å²) >= 11 is 0. The van der Waals surface area contributed by atoms with Crippen LogP contribution < -0.4 is 5.32 Å². The van der Waals surface area contributed by atoms with Crippen LogP contribution in [0.2, 0.25) is 0 Å². The van der Waals surface area contributed by atoms with E-state index in [2.05, 4.69) is 51.3 Å². The van der Waals surface area contributed by atoms with Crippen LogP contribution in [0.3, 0.4) is 0 Å². The van der Waals surface area contributed by atoms with Crippen molar-refractivity contribution in [3.05, 3.63) is 17.5 Å². The molecule has 1 aliphatic rings. The fraction of sp³-hybridized carbons (Fsp3) is 0.812. The number of nitrogens with one attached hydrogen (secondary N) is 1. The van der Waals surface area contributed by atoms with Crippen LogP contribution in [0.15, 0.2) is 6.20 Å². The molecule has 0 bridgehead atoms. The molecule has 1 fully saturated rings. The lowest BCUT2D eigenvalue weighted by Crippen LogP contribution is -2.40. The highest BCUT2D eigenvalue weighted by Crippen LogP contribution is 2.39. The van der Waals surface area contributed by atoms with E-state index < -0.39 is 0 Å². The maximum atomic E-state index is 4.76. The Labute approximate surface area is 123 Å². The van der Waals surface area contributed by atoms with Crippen molar-refractivity contribution in [2.45, 2.75) is 45.1 Å². The van der Waals surface area contributed by atoms with Gasteiger partial charge in [0.2, 0.25) is 0 Å².